The molecule has 104 valence electrons. The summed E-state index contributed by atoms with van der Waals surface area (Å²) in [4.78, 5) is 11.6. The number of carbonyl (C=O) groups is 1. The van der Waals surface area contributed by atoms with E-state index in [0.29, 0.717) is 23.7 Å². The molecule has 1 aromatic rings. The summed E-state index contributed by atoms with van der Waals surface area (Å²) in [6.07, 6.45) is 1.63. The van der Waals surface area contributed by atoms with Gasteiger partial charge in [0.1, 0.15) is 11.5 Å². The van der Waals surface area contributed by atoms with Crippen molar-refractivity contribution < 1.29 is 14.3 Å². The lowest BCUT2D eigenvalue weighted by atomic mass is 10.2. The van der Waals surface area contributed by atoms with Crippen LogP contribution in [0.15, 0.2) is 30.9 Å². The van der Waals surface area contributed by atoms with Gasteiger partial charge >= 0.3 is 6.03 Å². The van der Waals surface area contributed by atoms with E-state index in [1.54, 1.807) is 31.4 Å². The number of urea groups is 1. The average Bonchev–Trinajstić information content (AvgIpc) is 2.37. The van der Waals surface area contributed by atoms with Crippen LogP contribution in [0.25, 0.3) is 0 Å². The molecule has 5 nitrogen and oxygen atoms in total. The van der Waals surface area contributed by atoms with Gasteiger partial charge in [-0.25, -0.2) is 4.79 Å². The molecule has 0 aliphatic carbocycles. The van der Waals surface area contributed by atoms with E-state index in [-0.39, 0.29) is 12.1 Å². The quantitative estimate of drug-likeness (QED) is 0.777. The van der Waals surface area contributed by atoms with Crippen LogP contribution in [-0.2, 0) is 0 Å². The van der Waals surface area contributed by atoms with Crippen LogP contribution < -0.4 is 20.1 Å². The summed E-state index contributed by atoms with van der Waals surface area (Å²) < 4.78 is 10.8. The molecule has 2 amide bonds. The summed E-state index contributed by atoms with van der Waals surface area (Å²) in [6, 6.07) is 4.94. The van der Waals surface area contributed by atoms with Crippen LogP contribution in [0.3, 0.4) is 0 Å². The smallest absolute Gasteiger partial charge is 0.319 e. The highest BCUT2D eigenvalue weighted by atomic mass is 16.5. The summed E-state index contributed by atoms with van der Waals surface area (Å²) in [5.41, 5.74) is 0.564. The second-order valence-electron chi connectivity index (χ2n) is 4.15. The number of methoxy groups -OCH3 is 1. The van der Waals surface area contributed by atoms with Gasteiger partial charge in [-0.1, -0.05) is 6.08 Å². The number of hydrogen-bond acceptors (Lipinski definition) is 3. The van der Waals surface area contributed by atoms with Crippen LogP contribution in [0.2, 0.25) is 0 Å². The number of rotatable bonds is 6. The molecular formula is C14H20N2O3. The van der Waals surface area contributed by atoms with E-state index in [1.807, 2.05) is 13.8 Å². The van der Waals surface area contributed by atoms with Crippen molar-refractivity contribution in [1.82, 2.24) is 5.32 Å². The standard InChI is InChI=1S/C14H20N2O3/c1-5-8-15-14(17)16-12-9-11(18-4)6-7-13(12)19-10(2)3/h5-7,9-10H,1,8H2,2-4H3,(H2,15,16,17). The molecule has 2 N–H and O–H groups in total. The highest BCUT2D eigenvalue weighted by Gasteiger charge is 2.10. The maximum absolute atomic E-state index is 11.6. The Morgan fingerprint density at radius 1 is 1.47 bits per heavy atom. The molecule has 0 aliphatic heterocycles. The van der Waals surface area contributed by atoms with E-state index in [0.717, 1.165) is 0 Å². The first kappa shape index (κ1) is 14.9. The second kappa shape index (κ2) is 7.31. The lowest BCUT2D eigenvalue weighted by Gasteiger charge is -2.16. The lowest BCUT2D eigenvalue weighted by molar-refractivity contribution is 0.241. The molecule has 0 atom stereocenters. The van der Waals surface area contributed by atoms with Crippen molar-refractivity contribution in [3.63, 3.8) is 0 Å². The van der Waals surface area contributed by atoms with Crippen LogP contribution in [0.4, 0.5) is 10.5 Å². The monoisotopic (exact) mass is 264 g/mol. The summed E-state index contributed by atoms with van der Waals surface area (Å²) in [5.74, 6) is 1.25. The van der Waals surface area contributed by atoms with Crippen molar-refractivity contribution >= 4 is 11.7 Å². The summed E-state index contributed by atoms with van der Waals surface area (Å²) in [5, 5.41) is 5.36. The molecule has 0 unspecified atom stereocenters. The van der Waals surface area contributed by atoms with Crippen LogP contribution in [-0.4, -0.2) is 25.8 Å². The number of ether oxygens (including phenoxy) is 2. The molecule has 0 fully saturated rings. The van der Waals surface area contributed by atoms with Crippen LogP contribution in [0.1, 0.15) is 13.8 Å². The van der Waals surface area contributed by atoms with Crippen molar-refractivity contribution in [3.05, 3.63) is 30.9 Å². The fraction of sp³-hybridized carbons (Fsp3) is 0.357. The molecule has 0 spiro atoms. The van der Waals surface area contributed by atoms with E-state index in [2.05, 4.69) is 17.2 Å². The van der Waals surface area contributed by atoms with Gasteiger partial charge in [0.2, 0.25) is 0 Å². The molecule has 0 aliphatic rings. The van der Waals surface area contributed by atoms with Gasteiger partial charge in [-0.2, -0.15) is 0 Å². The van der Waals surface area contributed by atoms with Gasteiger partial charge in [0.05, 0.1) is 18.9 Å². The molecule has 0 bridgehead atoms. The van der Waals surface area contributed by atoms with E-state index >= 15 is 0 Å². The van der Waals surface area contributed by atoms with Crippen molar-refractivity contribution in [1.29, 1.82) is 0 Å². The number of anilines is 1. The predicted octanol–water partition coefficient (Wildman–Crippen LogP) is 2.79. The van der Waals surface area contributed by atoms with Crippen molar-refractivity contribution in [2.24, 2.45) is 0 Å². The van der Waals surface area contributed by atoms with Crippen molar-refractivity contribution in [2.45, 2.75) is 20.0 Å². The van der Waals surface area contributed by atoms with Gasteiger partial charge < -0.3 is 20.1 Å². The van der Waals surface area contributed by atoms with Gasteiger partial charge in [0.15, 0.2) is 0 Å². The molecule has 0 radical (unpaired) electrons. The van der Waals surface area contributed by atoms with Gasteiger partial charge in [0.25, 0.3) is 0 Å². The topological polar surface area (TPSA) is 59.6 Å². The Balaban J connectivity index is 2.87. The Morgan fingerprint density at radius 2 is 2.21 bits per heavy atom. The third kappa shape index (κ3) is 4.91. The lowest BCUT2D eigenvalue weighted by Crippen LogP contribution is -2.29. The van der Waals surface area contributed by atoms with E-state index in [1.165, 1.54) is 0 Å². The third-order valence-electron chi connectivity index (χ3n) is 2.20. The Bertz CT molecular complexity index is 444. The Kier molecular flexibility index (Phi) is 5.73. The fourth-order valence-corrected chi connectivity index (χ4v) is 1.42. The Labute approximate surface area is 113 Å². The molecule has 5 heteroatoms. The van der Waals surface area contributed by atoms with Gasteiger partial charge in [-0.05, 0) is 26.0 Å². The number of carbonyl (C=O) groups excluding carboxylic acids is 1. The first-order chi connectivity index (χ1) is 9.06. The van der Waals surface area contributed by atoms with Gasteiger partial charge in [-0.15, -0.1) is 6.58 Å². The zero-order valence-corrected chi connectivity index (χ0v) is 11.5. The fourth-order valence-electron chi connectivity index (χ4n) is 1.42. The first-order valence-corrected chi connectivity index (χ1v) is 6.07. The van der Waals surface area contributed by atoms with Crippen molar-refractivity contribution in [2.75, 3.05) is 19.0 Å². The van der Waals surface area contributed by atoms with E-state index in [9.17, 15) is 4.79 Å². The normalized spacial score (nSPS) is 9.89. The van der Waals surface area contributed by atoms with E-state index in [4.69, 9.17) is 9.47 Å². The minimum absolute atomic E-state index is 0.0187. The Morgan fingerprint density at radius 3 is 2.79 bits per heavy atom. The number of benzene rings is 1. The number of amides is 2. The minimum Gasteiger partial charge on any atom is -0.497 e. The Hall–Kier alpha value is -2.17. The molecule has 0 saturated carbocycles. The zero-order chi connectivity index (χ0) is 14.3. The maximum Gasteiger partial charge on any atom is 0.319 e. The molecule has 0 saturated heterocycles. The van der Waals surface area contributed by atoms with Gasteiger partial charge in [0, 0.05) is 12.6 Å². The predicted molar refractivity (Wildman–Crippen MR) is 76.0 cm³/mol. The molecular weight excluding hydrogens is 244 g/mol. The van der Waals surface area contributed by atoms with Crippen molar-refractivity contribution in [3.8, 4) is 11.5 Å². The van der Waals surface area contributed by atoms with E-state index < -0.39 is 0 Å². The molecule has 19 heavy (non-hydrogen) atoms. The summed E-state index contributed by atoms with van der Waals surface area (Å²) in [7, 11) is 1.57. The molecule has 0 aromatic heterocycles. The van der Waals surface area contributed by atoms with Crippen LogP contribution in [0.5, 0.6) is 11.5 Å². The average molecular weight is 264 g/mol. The SMILES string of the molecule is C=CCNC(=O)Nc1cc(OC)ccc1OC(C)C. The zero-order valence-electron chi connectivity index (χ0n) is 11.5. The highest BCUT2D eigenvalue weighted by molar-refractivity contribution is 5.91. The number of nitrogens with one attached hydrogen (secondary N) is 2. The second-order valence-corrected chi connectivity index (χ2v) is 4.15. The largest absolute Gasteiger partial charge is 0.497 e. The highest BCUT2D eigenvalue weighted by Crippen LogP contribution is 2.29. The maximum atomic E-state index is 11.6. The molecule has 1 rings (SSSR count). The molecule has 1 aromatic carbocycles. The molecule has 0 heterocycles. The van der Waals surface area contributed by atoms with Crippen LogP contribution >= 0.6 is 0 Å². The third-order valence-corrected chi connectivity index (χ3v) is 2.20. The summed E-state index contributed by atoms with van der Waals surface area (Å²) in [6.45, 7) is 7.78. The summed E-state index contributed by atoms with van der Waals surface area (Å²) >= 11 is 0. The first-order valence-electron chi connectivity index (χ1n) is 6.07. The minimum atomic E-state index is -0.318. The number of hydrogen-bond donors (Lipinski definition) is 2. The van der Waals surface area contributed by atoms with Crippen LogP contribution in [0, 0.1) is 0 Å². The van der Waals surface area contributed by atoms with Gasteiger partial charge in [-0.3, -0.25) is 0 Å².